The fourth-order valence-corrected chi connectivity index (χ4v) is 3.16. The minimum atomic E-state index is -0.327. The summed E-state index contributed by atoms with van der Waals surface area (Å²) in [5.41, 5.74) is 1.93. The molecule has 4 heteroatoms. The normalized spacial score (nSPS) is 16.1. The largest absolute Gasteiger partial charge is 0.299 e. The number of hydrogen-bond acceptors (Lipinski definition) is 2. The number of hydrogen-bond donors (Lipinski definition) is 0. The lowest BCUT2D eigenvalue weighted by Gasteiger charge is -2.21. The Morgan fingerprint density at radius 1 is 1.00 bits per heavy atom. The Morgan fingerprint density at radius 2 is 1.68 bits per heavy atom. The van der Waals surface area contributed by atoms with Gasteiger partial charge in [0.05, 0.1) is 6.42 Å². The first-order chi connectivity index (χ1) is 10.5. The molecule has 0 saturated heterocycles. The van der Waals surface area contributed by atoms with Crippen LogP contribution in [-0.2, 0) is 9.59 Å². The summed E-state index contributed by atoms with van der Waals surface area (Å²) in [5, 5.41) is 0.473. The maximum atomic E-state index is 14.0. The van der Waals surface area contributed by atoms with E-state index in [4.69, 9.17) is 11.6 Å². The van der Waals surface area contributed by atoms with E-state index in [0.29, 0.717) is 29.0 Å². The highest BCUT2D eigenvalue weighted by atomic mass is 35.5. The second kappa shape index (κ2) is 6.01. The summed E-state index contributed by atoms with van der Waals surface area (Å²) in [4.78, 5) is 23.3. The van der Waals surface area contributed by atoms with E-state index in [1.807, 2.05) is 6.07 Å². The molecule has 0 heterocycles. The summed E-state index contributed by atoms with van der Waals surface area (Å²) in [7, 11) is 0. The number of Topliss-reactive ketones (excluding diaryl/α,β-unsaturated/α-hetero) is 2. The molecule has 2 aromatic carbocycles. The fourth-order valence-electron chi connectivity index (χ4n) is 2.92. The Kier molecular flexibility index (Phi) is 4.08. The van der Waals surface area contributed by atoms with Crippen LogP contribution >= 0.6 is 11.6 Å². The SMILES string of the molecule is O=C1CC(=O)CC(c2cc(Cl)cc(-c3ccccc3F)c2)C1. The number of halogens is 2. The highest BCUT2D eigenvalue weighted by Crippen LogP contribution is 2.34. The van der Waals surface area contributed by atoms with Crippen molar-refractivity contribution in [3.8, 4) is 11.1 Å². The monoisotopic (exact) mass is 316 g/mol. The number of ketones is 2. The topological polar surface area (TPSA) is 34.1 Å². The summed E-state index contributed by atoms with van der Waals surface area (Å²) in [6.07, 6.45) is 0.697. The van der Waals surface area contributed by atoms with Crippen molar-refractivity contribution >= 4 is 23.2 Å². The van der Waals surface area contributed by atoms with Gasteiger partial charge in [-0.25, -0.2) is 4.39 Å². The fraction of sp³-hybridized carbons (Fsp3) is 0.222. The zero-order valence-electron chi connectivity index (χ0n) is 11.8. The van der Waals surface area contributed by atoms with Crippen molar-refractivity contribution in [1.82, 2.24) is 0 Å². The molecule has 0 radical (unpaired) electrons. The lowest BCUT2D eigenvalue weighted by atomic mass is 9.82. The van der Waals surface area contributed by atoms with Crippen molar-refractivity contribution in [3.05, 3.63) is 58.9 Å². The van der Waals surface area contributed by atoms with Gasteiger partial charge in [-0.15, -0.1) is 0 Å². The van der Waals surface area contributed by atoms with Crippen molar-refractivity contribution < 1.29 is 14.0 Å². The van der Waals surface area contributed by atoms with Gasteiger partial charge in [0.1, 0.15) is 17.4 Å². The summed E-state index contributed by atoms with van der Waals surface area (Å²) in [6, 6.07) is 11.7. The molecule has 0 aromatic heterocycles. The third-order valence-corrected chi connectivity index (χ3v) is 4.14. The Bertz CT molecular complexity index is 739. The van der Waals surface area contributed by atoms with Gasteiger partial charge in [-0.05, 0) is 35.2 Å². The summed E-state index contributed by atoms with van der Waals surface area (Å²) >= 11 is 6.15. The molecule has 0 spiro atoms. The van der Waals surface area contributed by atoms with Gasteiger partial charge < -0.3 is 0 Å². The van der Waals surface area contributed by atoms with Crippen LogP contribution in [0.4, 0.5) is 4.39 Å². The first kappa shape index (κ1) is 14.9. The van der Waals surface area contributed by atoms with E-state index in [1.165, 1.54) is 6.07 Å². The van der Waals surface area contributed by atoms with Gasteiger partial charge in [0.25, 0.3) is 0 Å². The predicted molar refractivity (Wildman–Crippen MR) is 83.5 cm³/mol. The molecule has 0 N–H and O–H groups in total. The Morgan fingerprint density at radius 3 is 2.36 bits per heavy atom. The molecule has 22 heavy (non-hydrogen) atoms. The molecule has 3 rings (SSSR count). The van der Waals surface area contributed by atoms with Crippen molar-refractivity contribution in [1.29, 1.82) is 0 Å². The minimum absolute atomic E-state index is 0.0250. The molecule has 0 unspecified atom stereocenters. The Labute approximate surface area is 132 Å². The van der Waals surface area contributed by atoms with Crippen molar-refractivity contribution in [2.45, 2.75) is 25.2 Å². The van der Waals surface area contributed by atoms with Gasteiger partial charge in [-0.2, -0.15) is 0 Å². The first-order valence-corrected chi connectivity index (χ1v) is 7.49. The van der Waals surface area contributed by atoms with Crippen LogP contribution in [0.15, 0.2) is 42.5 Å². The molecule has 0 bridgehead atoms. The van der Waals surface area contributed by atoms with Crippen LogP contribution in [0.2, 0.25) is 5.02 Å². The lowest BCUT2D eigenvalue weighted by Crippen LogP contribution is -2.21. The van der Waals surface area contributed by atoms with E-state index in [0.717, 1.165) is 5.56 Å². The van der Waals surface area contributed by atoms with Gasteiger partial charge in [0, 0.05) is 23.4 Å². The van der Waals surface area contributed by atoms with E-state index in [9.17, 15) is 14.0 Å². The van der Waals surface area contributed by atoms with E-state index in [2.05, 4.69) is 0 Å². The number of benzene rings is 2. The quantitative estimate of drug-likeness (QED) is 0.762. The summed E-state index contributed by atoms with van der Waals surface area (Å²) < 4.78 is 14.0. The number of carbonyl (C=O) groups excluding carboxylic acids is 2. The Hall–Kier alpha value is -2.00. The van der Waals surface area contributed by atoms with Gasteiger partial charge in [0.2, 0.25) is 0 Å². The molecule has 1 aliphatic carbocycles. The van der Waals surface area contributed by atoms with Crippen LogP contribution in [0.25, 0.3) is 11.1 Å². The molecule has 2 nitrogen and oxygen atoms in total. The maximum absolute atomic E-state index is 14.0. The van der Waals surface area contributed by atoms with Crippen LogP contribution in [0.5, 0.6) is 0 Å². The standard InChI is InChI=1S/C18H14ClFO2/c19-14-6-11(12-8-15(21)10-16(22)9-12)5-13(7-14)17-3-1-2-4-18(17)20/h1-7,12H,8-10H2. The van der Waals surface area contributed by atoms with Crippen molar-refractivity contribution in [2.24, 2.45) is 0 Å². The van der Waals surface area contributed by atoms with Gasteiger partial charge in [-0.3, -0.25) is 9.59 Å². The highest BCUT2D eigenvalue weighted by molar-refractivity contribution is 6.31. The molecule has 1 aliphatic rings. The van der Waals surface area contributed by atoms with E-state index in [-0.39, 0.29) is 29.7 Å². The van der Waals surface area contributed by atoms with Crippen LogP contribution in [0.1, 0.15) is 30.7 Å². The minimum Gasteiger partial charge on any atom is -0.299 e. The van der Waals surface area contributed by atoms with E-state index in [1.54, 1.807) is 30.3 Å². The zero-order chi connectivity index (χ0) is 15.7. The molecule has 0 amide bonds. The molecule has 1 saturated carbocycles. The molecule has 1 fully saturated rings. The molecular weight excluding hydrogens is 303 g/mol. The average molecular weight is 317 g/mol. The molecule has 0 atom stereocenters. The van der Waals surface area contributed by atoms with Crippen LogP contribution in [0, 0.1) is 5.82 Å². The van der Waals surface area contributed by atoms with Crippen molar-refractivity contribution in [3.63, 3.8) is 0 Å². The second-order valence-corrected chi connectivity index (χ2v) is 6.05. The van der Waals surface area contributed by atoms with E-state index < -0.39 is 0 Å². The van der Waals surface area contributed by atoms with Gasteiger partial charge in [0.15, 0.2) is 0 Å². The van der Waals surface area contributed by atoms with Crippen molar-refractivity contribution in [2.75, 3.05) is 0 Å². The smallest absolute Gasteiger partial charge is 0.140 e. The van der Waals surface area contributed by atoms with Gasteiger partial charge >= 0.3 is 0 Å². The Balaban J connectivity index is 2.02. The molecule has 112 valence electrons. The second-order valence-electron chi connectivity index (χ2n) is 5.61. The highest BCUT2D eigenvalue weighted by Gasteiger charge is 2.27. The summed E-state index contributed by atoms with van der Waals surface area (Å²) in [5.74, 6) is -0.591. The first-order valence-electron chi connectivity index (χ1n) is 7.11. The third-order valence-electron chi connectivity index (χ3n) is 3.92. The van der Waals surface area contributed by atoms with Crippen LogP contribution in [-0.4, -0.2) is 11.6 Å². The summed E-state index contributed by atoms with van der Waals surface area (Å²) in [6.45, 7) is 0. The predicted octanol–water partition coefficient (Wildman–Crippen LogP) is 4.55. The lowest BCUT2D eigenvalue weighted by molar-refractivity contribution is -0.130. The van der Waals surface area contributed by atoms with Crippen LogP contribution in [0.3, 0.4) is 0 Å². The number of rotatable bonds is 2. The zero-order valence-corrected chi connectivity index (χ0v) is 12.6. The van der Waals surface area contributed by atoms with Gasteiger partial charge in [-0.1, -0.05) is 35.9 Å². The third kappa shape index (κ3) is 3.09. The number of carbonyl (C=O) groups is 2. The maximum Gasteiger partial charge on any atom is 0.140 e. The molecule has 2 aromatic rings. The van der Waals surface area contributed by atoms with Crippen LogP contribution < -0.4 is 0 Å². The molecular formula is C18H14ClFO2. The van der Waals surface area contributed by atoms with E-state index >= 15 is 0 Å². The molecule has 0 aliphatic heterocycles. The average Bonchev–Trinajstić information content (AvgIpc) is 2.46.